The molecular formula is C10H12BrN5O3. The van der Waals surface area contributed by atoms with Crippen molar-refractivity contribution in [2.24, 2.45) is 0 Å². The molecule has 0 saturated carbocycles. The maximum atomic E-state index is 9.75. The van der Waals surface area contributed by atoms with E-state index in [0.29, 0.717) is 22.3 Å². The monoisotopic (exact) mass is 329 g/mol. The summed E-state index contributed by atoms with van der Waals surface area (Å²) in [6, 6.07) is 0. The molecule has 102 valence electrons. The van der Waals surface area contributed by atoms with E-state index in [9.17, 15) is 5.11 Å². The molecule has 1 fully saturated rings. The fraction of sp³-hybridized carbons (Fsp3) is 0.500. The first-order chi connectivity index (χ1) is 9.10. The Morgan fingerprint density at radius 3 is 3.00 bits per heavy atom. The highest BCUT2D eigenvalue weighted by molar-refractivity contribution is 9.10. The summed E-state index contributed by atoms with van der Waals surface area (Å²) in [5.74, 6) is 0.271. The molecule has 1 saturated heterocycles. The number of rotatable bonds is 2. The Morgan fingerprint density at radius 2 is 2.32 bits per heavy atom. The van der Waals surface area contributed by atoms with Gasteiger partial charge < -0.3 is 20.7 Å². The van der Waals surface area contributed by atoms with Gasteiger partial charge in [-0.05, 0) is 15.9 Å². The molecule has 0 aromatic carbocycles. The fourth-order valence-electron chi connectivity index (χ4n) is 2.17. The van der Waals surface area contributed by atoms with Gasteiger partial charge in [-0.1, -0.05) is 0 Å². The summed E-state index contributed by atoms with van der Waals surface area (Å²) in [5.41, 5.74) is 6.77. The van der Waals surface area contributed by atoms with Gasteiger partial charge in [-0.3, -0.25) is 4.57 Å². The lowest BCUT2D eigenvalue weighted by atomic mass is 10.2. The molecule has 0 bridgehead atoms. The number of nitrogens with zero attached hydrogens (tertiary/aromatic N) is 4. The van der Waals surface area contributed by atoms with Crippen LogP contribution >= 0.6 is 15.9 Å². The smallest absolute Gasteiger partial charge is 0.200 e. The number of aliphatic hydroxyl groups is 2. The molecule has 3 rings (SSSR count). The topological polar surface area (TPSA) is 119 Å². The van der Waals surface area contributed by atoms with Gasteiger partial charge in [-0.15, -0.1) is 0 Å². The predicted octanol–water partition coefficient (Wildman–Crippen LogP) is -0.188. The molecule has 0 unspecified atom stereocenters. The van der Waals surface area contributed by atoms with Crippen LogP contribution in [-0.4, -0.2) is 48.5 Å². The highest BCUT2D eigenvalue weighted by Gasteiger charge is 2.35. The Morgan fingerprint density at radius 1 is 1.53 bits per heavy atom. The van der Waals surface area contributed by atoms with Crippen molar-refractivity contribution >= 4 is 32.9 Å². The van der Waals surface area contributed by atoms with E-state index in [1.807, 2.05) is 0 Å². The number of ether oxygens (including phenoxy) is 1. The van der Waals surface area contributed by atoms with Crippen molar-refractivity contribution in [3.63, 3.8) is 0 Å². The van der Waals surface area contributed by atoms with E-state index in [4.69, 9.17) is 15.6 Å². The lowest BCUT2D eigenvalue weighted by Crippen LogP contribution is -2.24. The number of halogens is 1. The third-order valence-electron chi connectivity index (χ3n) is 3.12. The standard InChI is InChI=1S/C10H12BrN5O3/c11-10-14-8(12)7-9(15-10)16(3-13-7)6-1-4(18)5(2-17)19-6/h3-6,17-18H,1-2H2,(H2,12,14,15)/t4-,5-,6-/m0/s1. The quantitative estimate of drug-likeness (QED) is 0.653. The molecule has 3 atom stereocenters. The number of hydrogen-bond donors (Lipinski definition) is 3. The summed E-state index contributed by atoms with van der Waals surface area (Å²) in [6.45, 7) is -0.231. The number of aromatic nitrogens is 4. The third kappa shape index (κ3) is 2.08. The van der Waals surface area contributed by atoms with Crippen LogP contribution in [-0.2, 0) is 4.74 Å². The lowest BCUT2D eigenvalue weighted by molar-refractivity contribution is -0.0432. The molecule has 2 aromatic heterocycles. The molecule has 3 heterocycles. The van der Waals surface area contributed by atoms with Crippen molar-refractivity contribution in [3.05, 3.63) is 11.1 Å². The second-order valence-electron chi connectivity index (χ2n) is 4.32. The van der Waals surface area contributed by atoms with Crippen molar-refractivity contribution in [1.82, 2.24) is 19.5 Å². The van der Waals surface area contributed by atoms with E-state index in [0.717, 1.165) is 0 Å². The zero-order chi connectivity index (χ0) is 13.6. The average molecular weight is 330 g/mol. The molecule has 2 aromatic rings. The summed E-state index contributed by atoms with van der Waals surface area (Å²) in [5, 5.41) is 18.8. The summed E-state index contributed by atoms with van der Waals surface area (Å²) in [7, 11) is 0. The van der Waals surface area contributed by atoms with Crippen molar-refractivity contribution < 1.29 is 14.9 Å². The molecule has 0 amide bonds. The molecule has 0 spiro atoms. The first-order valence-corrected chi connectivity index (χ1v) is 6.49. The maximum absolute atomic E-state index is 9.75. The molecule has 9 heteroatoms. The molecule has 1 aliphatic rings. The van der Waals surface area contributed by atoms with E-state index < -0.39 is 18.4 Å². The van der Waals surface area contributed by atoms with E-state index in [1.54, 1.807) is 10.9 Å². The molecular weight excluding hydrogens is 318 g/mol. The van der Waals surface area contributed by atoms with Crippen LogP contribution in [0.1, 0.15) is 12.6 Å². The average Bonchev–Trinajstić information content (AvgIpc) is 2.92. The number of nitrogens with two attached hydrogens (primary N) is 1. The molecule has 4 N–H and O–H groups in total. The highest BCUT2D eigenvalue weighted by atomic mass is 79.9. The lowest BCUT2D eigenvalue weighted by Gasteiger charge is -2.13. The molecule has 19 heavy (non-hydrogen) atoms. The second kappa shape index (κ2) is 4.67. The number of imidazole rings is 1. The van der Waals surface area contributed by atoms with Crippen LogP contribution < -0.4 is 5.73 Å². The number of nitrogen functional groups attached to an aromatic ring is 1. The van der Waals surface area contributed by atoms with Crippen LogP contribution in [0, 0.1) is 0 Å². The Hall–Kier alpha value is -1.29. The largest absolute Gasteiger partial charge is 0.394 e. The maximum Gasteiger partial charge on any atom is 0.200 e. The number of hydrogen-bond acceptors (Lipinski definition) is 7. The van der Waals surface area contributed by atoms with Crippen LogP contribution in [0.5, 0.6) is 0 Å². The minimum atomic E-state index is -0.713. The van der Waals surface area contributed by atoms with Gasteiger partial charge in [0.15, 0.2) is 11.5 Å². The van der Waals surface area contributed by atoms with Crippen LogP contribution in [0.3, 0.4) is 0 Å². The van der Waals surface area contributed by atoms with Gasteiger partial charge in [0.2, 0.25) is 4.73 Å². The van der Waals surface area contributed by atoms with E-state index in [2.05, 4.69) is 30.9 Å². The highest BCUT2D eigenvalue weighted by Crippen LogP contribution is 2.31. The molecule has 0 aliphatic carbocycles. The summed E-state index contributed by atoms with van der Waals surface area (Å²) < 4.78 is 7.60. The van der Waals surface area contributed by atoms with Crippen LogP contribution in [0.4, 0.5) is 5.82 Å². The van der Waals surface area contributed by atoms with Crippen molar-refractivity contribution in [2.45, 2.75) is 24.9 Å². The van der Waals surface area contributed by atoms with Gasteiger partial charge in [0, 0.05) is 6.42 Å². The first-order valence-electron chi connectivity index (χ1n) is 5.70. The predicted molar refractivity (Wildman–Crippen MR) is 69.1 cm³/mol. The molecule has 0 radical (unpaired) electrons. The van der Waals surface area contributed by atoms with Gasteiger partial charge in [0.25, 0.3) is 0 Å². The van der Waals surface area contributed by atoms with E-state index in [-0.39, 0.29) is 12.4 Å². The van der Waals surface area contributed by atoms with Gasteiger partial charge in [-0.2, -0.15) is 0 Å². The Kier molecular flexibility index (Phi) is 3.13. The van der Waals surface area contributed by atoms with Gasteiger partial charge in [-0.25, -0.2) is 15.0 Å². The zero-order valence-electron chi connectivity index (χ0n) is 9.77. The molecule has 1 aliphatic heterocycles. The Balaban J connectivity index is 2.02. The number of fused-ring (bicyclic) bond motifs is 1. The van der Waals surface area contributed by atoms with Crippen molar-refractivity contribution in [3.8, 4) is 0 Å². The van der Waals surface area contributed by atoms with Crippen LogP contribution in [0.25, 0.3) is 11.2 Å². The Bertz CT molecular complexity index is 618. The van der Waals surface area contributed by atoms with Crippen LogP contribution in [0.15, 0.2) is 11.1 Å². The van der Waals surface area contributed by atoms with Gasteiger partial charge >= 0.3 is 0 Å². The minimum absolute atomic E-state index is 0.231. The van der Waals surface area contributed by atoms with Crippen LogP contribution in [0.2, 0.25) is 0 Å². The molecule has 8 nitrogen and oxygen atoms in total. The Labute approximate surface area is 116 Å². The zero-order valence-corrected chi connectivity index (χ0v) is 11.4. The van der Waals surface area contributed by atoms with Crippen molar-refractivity contribution in [1.29, 1.82) is 0 Å². The minimum Gasteiger partial charge on any atom is -0.394 e. The SMILES string of the molecule is Nc1nc(Br)nc2c1ncn2[C@@H]1C[C@H](O)[C@H](CO)O1. The van der Waals surface area contributed by atoms with Gasteiger partial charge in [0.05, 0.1) is 19.0 Å². The number of aliphatic hydroxyl groups excluding tert-OH is 2. The fourth-order valence-corrected chi connectivity index (χ4v) is 2.53. The second-order valence-corrected chi connectivity index (χ2v) is 5.03. The van der Waals surface area contributed by atoms with E-state index >= 15 is 0 Å². The van der Waals surface area contributed by atoms with Crippen molar-refractivity contribution in [2.75, 3.05) is 12.3 Å². The summed E-state index contributed by atoms with van der Waals surface area (Å²) in [4.78, 5) is 12.3. The summed E-state index contributed by atoms with van der Waals surface area (Å²) in [6.07, 6.45) is 0.163. The van der Waals surface area contributed by atoms with E-state index in [1.165, 1.54) is 0 Å². The third-order valence-corrected chi connectivity index (χ3v) is 3.47. The number of anilines is 1. The first kappa shape index (κ1) is 12.7. The van der Waals surface area contributed by atoms with Gasteiger partial charge in [0.1, 0.15) is 17.8 Å². The summed E-state index contributed by atoms with van der Waals surface area (Å²) >= 11 is 3.17. The normalized spacial score (nSPS) is 27.2.